The first-order valence-electron chi connectivity index (χ1n) is 4.68. The first-order valence-corrected chi connectivity index (χ1v) is 4.68. The molecule has 3 heteroatoms. The van der Waals surface area contributed by atoms with E-state index in [-0.39, 0.29) is 5.56 Å². The molecule has 0 spiro atoms. The van der Waals surface area contributed by atoms with Crippen molar-refractivity contribution in [2.24, 2.45) is 0 Å². The number of carboxylic acids is 1. The van der Waals surface area contributed by atoms with Gasteiger partial charge in [0.2, 0.25) is 0 Å². The predicted octanol–water partition coefficient (Wildman–Crippen LogP) is 1.40. The number of carbonyl (C=O) groups excluding carboxylic acids is 1. The topological polar surface area (TPSA) is 49.4 Å². The summed E-state index contributed by atoms with van der Waals surface area (Å²) in [5.41, 5.74) is 1.21. The molecular formula is C12H13O3-. The molecule has 1 rings (SSSR count). The van der Waals surface area contributed by atoms with Gasteiger partial charge in [0, 0.05) is 5.56 Å². The van der Waals surface area contributed by atoms with Crippen LogP contribution in [0.1, 0.15) is 24.2 Å². The van der Waals surface area contributed by atoms with Gasteiger partial charge in [0.1, 0.15) is 12.4 Å². The van der Waals surface area contributed by atoms with Gasteiger partial charge in [-0.15, -0.1) is 0 Å². The van der Waals surface area contributed by atoms with E-state index < -0.39 is 5.97 Å². The lowest BCUT2D eigenvalue weighted by Crippen LogP contribution is -2.23. The molecule has 0 aliphatic rings. The number of para-hydroxylation sites is 1. The average molecular weight is 205 g/mol. The molecule has 0 aliphatic heterocycles. The minimum absolute atomic E-state index is 0.0830. The summed E-state index contributed by atoms with van der Waals surface area (Å²) in [6.45, 7) is 4.27. The van der Waals surface area contributed by atoms with Crippen LogP contribution in [0.2, 0.25) is 0 Å². The van der Waals surface area contributed by atoms with E-state index in [1.54, 1.807) is 18.2 Å². The van der Waals surface area contributed by atoms with Gasteiger partial charge in [0.15, 0.2) is 0 Å². The van der Waals surface area contributed by atoms with E-state index in [0.717, 1.165) is 5.57 Å². The molecule has 0 radical (unpaired) electrons. The second kappa shape index (κ2) is 5.20. The van der Waals surface area contributed by atoms with Gasteiger partial charge in [-0.3, -0.25) is 0 Å². The lowest BCUT2D eigenvalue weighted by Gasteiger charge is -2.10. The quantitative estimate of drug-likeness (QED) is 0.698. The summed E-state index contributed by atoms with van der Waals surface area (Å²) < 4.78 is 5.31. The smallest absolute Gasteiger partial charge is 0.128 e. The Labute approximate surface area is 89.0 Å². The first-order chi connectivity index (χ1) is 7.11. The highest BCUT2D eigenvalue weighted by molar-refractivity contribution is 5.89. The maximum atomic E-state index is 10.7. The Kier molecular flexibility index (Phi) is 3.92. The summed E-state index contributed by atoms with van der Waals surface area (Å²) in [5.74, 6) is -0.877. The number of benzene rings is 1. The molecule has 15 heavy (non-hydrogen) atoms. The number of hydrogen-bond donors (Lipinski definition) is 0. The third kappa shape index (κ3) is 3.46. The summed E-state index contributed by atoms with van der Waals surface area (Å²) in [7, 11) is 0. The van der Waals surface area contributed by atoms with Gasteiger partial charge in [-0.05, 0) is 32.1 Å². The highest BCUT2D eigenvalue weighted by atomic mass is 16.5. The number of aromatic carboxylic acids is 1. The normalized spacial score (nSPS) is 9.47. The van der Waals surface area contributed by atoms with Gasteiger partial charge in [-0.2, -0.15) is 0 Å². The summed E-state index contributed by atoms with van der Waals surface area (Å²) in [5, 5.41) is 10.7. The van der Waals surface area contributed by atoms with Gasteiger partial charge < -0.3 is 14.6 Å². The minimum atomic E-state index is -1.22. The van der Waals surface area contributed by atoms with Crippen molar-refractivity contribution >= 4 is 5.97 Å². The zero-order valence-electron chi connectivity index (χ0n) is 8.82. The van der Waals surface area contributed by atoms with E-state index in [4.69, 9.17) is 4.74 Å². The summed E-state index contributed by atoms with van der Waals surface area (Å²) in [4.78, 5) is 10.7. The maximum Gasteiger partial charge on any atom is 0.128 e. The lowest BCUT2D eigenvalue weighted by atomic mass is 10.2. The number of carbonyl (C=O) groups is 1. The summed E-state index contributed by atoms with van der Waals surface area (Å²) in [6, 6.07) is 6.44. The molecule has 1 aromatic rings. The van der Waals surface area contributed by atoms with Crippen molar-refractivity contribution in [3.63, 3.8) is 0 Å². The van der Waals surface area contributed by atoms with Gasteiger partial charge in [-0.25, -0.2) is 0 Å². The Morgan fingerprint density at radius 1 is 1.40 bits per heavy atom. The Balaban J connectivity index is 2.76. The Morgan fingerprint density at radius 3 is 2.67 bits per heavy atom. The maximum absolute atomic E-state index is 10.7. The molecule has 0 N–H and O–H groups in total. The monoisotopic (exact) mass is 205 g/mol. The highest BCUT2D eigenvalue weighted by Crippen LogP contribution is 2.16. The highest BCUT2D eigenvalue weighted by Gasteiger charge is 2.01. The second-order valence-electron chi connectivity index (χ2n) is 3.38. The Hall–Kier alpha value is -1.77. The predicted molar refractivity (Wildman–Crippen MR) is 55.7 cm³/mol. The molecule has 0 saturated heterocycles. The van der Waals surface area contributed by atoms with Crippen LogP contribution in [0, 0.1) is 0 Å². The van der Waals surface area contributed by atoms with Crippen LogP contribution in [0.25, 0.3) is 0 Å². The van der Waals surface area contributed by atoms with Gasteiger partial charge >= 0.3 is 0 Å². The summed E-state index contributed by atoms with van der Waals surface area (Å²) in [6.07, 6.45) is 1.88. The fraction of sp³-hybridized carbons (Fsp3) is 0.250. The van der Waals surface area contributed by atoms with Gasteiger partial charge in [0.05, 0.1) is 5.97 Å². The molecule has 0 saturated carbocycles. The van der Waals surface area contributed by atoms with Crippen molar-refractivity contribution in [3.8, 4) is 5.75 Å². The SMILES string of the molecule is CC(C)=CCOc1ccccc1C(=O)[O-]. The van der Waals surface area contributed by atoms with Crippen molar-refractivity contribution in [3.05, 3.63) is 41.5 Å². The largest absolute Gasteiger partial charge is 0.545 e. The van der Waals surface area contributed by atoms with E-state index in [1.807, 2.05) is 19.9 Å². The molecule has 0 bridgehead atoms. The molecule has 80 valence electrons. The number of hydrogen-bond acceptors (Lipinski definition) is 3. The fourth-order valence-corrected chi connectivity index (χ4v) is 1.06. The number of allylic oxidation sites excluding steroid dienone is 1. The van der Waals surface area contributed by atoms with E-state index in [2.05, 4.69) is 0 Å². The van der Waals surface area contributed by atoms with Crippen LogP contribution in [-0.2, 0) is 0 Å². The Morgan fingerprint density at radius 2 is 2.07 bits per heavy atom. The molecule has 3 nitrogen and oxygen atoms in total. The van der Waals surface area contributed by atoms with Crippen LogP contribution >= 0.6 is 0 Å². The van der Waals surface area contributed by atoms with Crippen molar-refractivity contribution in [1.82, 2.24) is 0 Å². The average Bonchev–Trinajstić information content (AvgIpc) is 2.17. The van der Waals surface area contributed by atoms with E-state index in [0.29, 0.717) is 12.4 Å². The molecular weight excluding hydrogens is 192 g/mol. The number of rotatable bonds is 4. The van der Waals surface area contributed by atoms with E-state index in [9.17, 15) is 9.90 Å². The Bertz CT molecular complexity index is 376. The molecule has 0 aliphatic carbocycles. The third-order valence-corrected chi connectivity index (χ3v) is 1.84. The first kappa shape index (κ1) is 11.3. The molecule has 0 heterocycles. The molecule has 0 amide bonds. The van der Waals surface area contributed by atoms with Crippen LogP contribution in [0.4, 0.5) is 0 Å². The molecule has 0 unspecified atom stereocenters. The van der Waals surface area contributed by atoms with Gasteiger partial charge in [0.25, 0.3) is 0 Å². The standard InChI is InChI=1S/C12H14O3/c1-9(2)7-8-15-11-6-4-3-5-10(11)12(13)14/h3-7H,8H2,1-2H3,(H,13,14)/p-1. The van der Waals surface area contributed by atoms with Crippen molar-refractivity contribution < 1.29 is 14.6 Å². The lowest BCUT2D eigenvalue weighted by molar-refractivity contribution is -0.255. The van der Waals surface area contributed by atoms with E-state index in [1.165, 1.54) is 6.07 Å². The van der Waals surface area contributed by atoms with Crippen LogP contribution in [0.5, 0.6) is 5.75 Å². The van der Waals surface area contributed by atoms with Crippen LogP contribution < -0.4 is 9.84 Å². The number of carboxylic acid groups (broad SMARTS) is 1. The minimum Gasteiger partial charge on any atom is -0.545 e. The van der Waals surface area contributed by atoms with Crippen LogP contribution in [-0.4, -0.2) is 12.6 Å². The van der Waals surface area contributed by atoms with Crippen molar-refractivity contribution in [2.75, 3.05) is 6.61 Å². The molecule has 0 atom stereocenters. The van der Waals surface area contributed by atoms with Crippen molar-refractivity contribution in [1.29, 1.82) is 0 Å². The van der Waals surface area contributed by atoms with Crippen LogP contribution in [0.3, 0.4) is 0 Å². The zero-order chi connectivity index (χ0) is 11.3. The summed E-state index contributed by atoms with van der Waals surface area (Å²) >= 11 is 0. The molecule has 0 fully saturated rings. The fourth-order valence-electron chi connectivity index (χ4n) is 1.06. The molecule has 0 aromatic heterocycles. The molecule has 1 aromatic carbocycles. The number of ether oxygens (including phenoxy) is 1. The third-order valence-electron chi connectivity index (χ3n) is 1.84. The van der Waals surface area contributed by atoms with Gasteiger partial charge in [-0.1, -0.05) is 17.7 Å². The van der Waals surface area contributed by atoms with Crippen molar-refractivity contribution in [2.45, 2.75) is 13.8 Å². The van der Waals surface area contributed by atoms with E-state index >= 15 is 0 Å². The zero-order valence-corrected chi connectivity index (χ0v) is 8.82. The second-order valence-corrected chi connectivity index (χ2v) is 3.38. The van der Waals surface area contributed by atoms with Crippen LogP contribution in [0.15, 0.2) is 35.9 Å².